The van der Waals surface area contributed by atoms with Crippen molar-refractivity contribution in [2.75, 3.05) is 26.2 Å². The molecule has 0 saturated carbocycles. The molecule has 1 aromatic carbocycles. The number of hydrogen-bond acceptors (Lipinski definition) is 5. The normalized spacial score (nSPS) is 15.1. The number of fused-ring (bicyclic) bond motifs is 3. The lowest BCUT2D eigenvalue weighted by Crippen LogP contribution is -2.43. The van der Waals surface area contributed by atoms with Gasteiger partial charge in [0.05, 0.1) is 11.2 Å². The summed E-state index contributed by atoms with van der Waals surface area (Å²) in [6, 6.07) is 10.6. The summed E-state index contributed by atoms with van der Waals surface area (Å²) in [5.41, 5.74) is 8.69. The lowest BCUT2D eigenvalue weighted by atomic mass is 10.1. The van der Waals surface area contributed by atoms with Crippen LogP contribution in [0, 0.1) is 0 Å². The van der Waals surface area contributed by atoms with Crippen molar-refractivity contribution in [1.82, 2.24) is 25.5 Å². The van der Waals surface area contributed by atoms with Crippen LogP contribution in [0.25, 0.3) is 21.8 Å². The first-order valence-corrected chi connectivity index (χ1v) is 11.0. The van der Waals surface area contributed by atoms with Gasteiger partial charge in [-0.1, -0.05) is 18.2 Å². The minimum Gasteiger partial charge on any atom is -0.352 e. The summed E-state index contributed by atoms with van der Waals surface area (Å²) in [5.74, 6) is 0.0651. The van der Waals surface area contributed by atoms with E-state index in [1.165, 1.54) is 0 Å². The predicted molar refractivity (Wildman–Crippen MR) is 121 cm³/mol. The van der Waals surface area contributed by atoms with Gasteiger partial charge in [0, 0.05) is 35.1 Å². The summed E-state index contributed by atoms with van der Waals surface area (Å²) in [4.78, 5) is 17.6. The van der Waals surface area contributed by atoms with Crippen LogP contribution in [0.15, 0.2) is 36.5 Å². The number of para-hydroxylation sites is 1. The van der Waals surface area contributed by atoms with E-state index in [0.717, 1.165) is 79.4 Å². The number of amides is 1. The van der Waals surface area contributed by atoms with E-state index in [1.807, 2.05) is 18.3 Å². The minimum atomic E-state index is 0.0651. The summed E-state index contributed by atoms with van der Waals surface area (Å²) in [6.45, 7) is 4.53. The number of aromatic nitrogens is 2. The van der Waals surface area contributed by atoms with E-state index in [-0.39, 0.29) is 11.9 Å². The molecular weight excluding hydrogens is 376 g/mol. The SMILES string of the molecule is NCCCCNCc1nccc2c3ccccc3n(CC(=O)NC3CCNCC3)c12. The molecule has 30 heavy (non-hydrogen) atoms. The number of hydrogen-bond donors (Lipinski definition) is 4. The van der Waals surface area contributed by atoms with Gasteiger partial charge in [-0.2, -0.15) is 0 Å². The first-order chi connectivity index (χ1) is 14.8. The second kappa shape index (κ2) is 10.0. The third-order valence-corrected chi connectivity index (χ3v) is 5.86. The van der Waals surface area contributed by atoms with Gasteiger partial charge in [-0.3, -0.25) is 9.78 Å². The van der Waals surface area contributed by atoms with Crippen LogP contribution in [-0.4, -0.2) is 47.7 Å². The van der Waals surface area contributed by atoms with Crippen molar-refractivity contribution in [2.24, 2.45) is 5.73 Å². The third kappa shape index (κ3) is 4.64. The zero-order chi connectivity index (χ0) is 20.8. The van der Waals surface area contributed by atoms with Gasteiger partial charge in [-0.15, -0.1) is 0 Å². The van der Waals surface area contributed by atoms with Crippen molar-refractivity contribution < 1.29 is 4.79 Å². The largest absolute Gasteiger partial charge is 0.352 e. The zero-order valence-corrected chi connectivity index (χ0v) is 17.5. The number of piperidine rings is 1. The topological polar surface area (TPSA) is 97.0 Å². The monoisotopic (exact) mass is 408 g/mol. The number of nitrogens with two attached hydrogens (primary N) is 1. The van der Waals surface area contributed by atoms with Gasteiger partial charge in [-0.05, 0) is 64.0 Å². The van der Waals surface area contributed by atoms with Crippen LogP contribution < -0.4 is 21.7 Å². The Bertz CT molecular complexity index is 992. The maximum absolute atomic E-state index is 12.9. The van der Waals surface area contributed by atoms with Crippen LogP contribution in [0.5, 0.6) is 0 Å². The number of carbonyl (C=O) groups is 1. The highest BCUT2D eigenvalue weighted by atomic mass is 16.2. The molecule has 4 rings (SSSR count). The lowest BCUT2D eigenvalue weighted by molar-refractivity contribution is -0.122. The van der Waals surface area contributed by atoms with Gasteiger partial charge in [-0.25, -0.2) is 0 Å². The molecule has 0 atom stereocenters. The quantitative estimate of drug-likeness (QED) is 0.406. The molecule has 7 heteroatoms. The highest BCUT2D eigenvalue weighted by Gasteiger charge is 2.19. The van der Waals surface area contributed by atoms with Crippen molar-refractivity contribution in [3.63, 3.8) is 0 Å². The molecule has 0 spiro atoms. The van der Waals surface area contributed by atoms with Gasteiger partial charge in [0.1, 0.15) is 6.54 Å². The predicted octanol–water partition coefficient (Wildman–Crippen LogP) is 1.89. The van der Waals surface area contributed by atoms with Crippen LogP contribution in [0.3, 0.4) is 0 Å². The standard InChI is InChI=1S/C23H32N6O/c24-10-3-4-11-26-15-20-23-19(9-14-27-20)18-5-1-2-6-21(18)29(23)16-22(30)28-17-7-12-25-13-8-17/h1-2,5-6,9,14,17,25-26H,3-4,7-8,10-13,15-16,24H2,(H,28,30). The van der Waals surface area contributed by atoms with Crippen LogP contribution >= 0.6 is 0 Å². The van der Waals surface area contributed by atoms with E-state index in [9.17, 15) is 4.79 Å². The summed E-state index contributed by atoms with van der Waals surface area (Å²) in [6.07, 6.45) is 5.90. The van der Waals surface area contributed by atoms with Gasteiger partial charge >= 0.3 is 0 Å². The smallest absolute Gasteiger partial charge is 0.240 e. The summed E-state index contributed by atoms with van der Waals surface area (Å²) in [5, 5.41) is 12.4. The van der Waals surface area contributed by atoms with Crippen LogP contribution in [0.2, 0.25) is 0 Å². The molecule has 3 aromatic rings. The Balaban J connectivity index is 1.61. The first-order valence-electron chi connectivity index (χ1n) is 11.0. The Hall–Kier alpha value is -2.48. The molecule has 1 saturated heterocycles. The van der Waals surface area contributed by atoms with Gasteiger partial charge in [0.25, 0.3) is 0 Å². The van der Waals surface area contributed by atoms with E-state index in [4.69, 9.17) is 5.73 Å². The maximum atomic E-state index is 12.9. The fourth-order valence-corrected chi connectivity index (χ4v) is 4.35. The molecule has 1 aliphatic rings. The van der Waals surface area contributed by atoms with Crippen molar-refractivity contribution in [3.05, 3.63) is 42.2 Å². The van der Waals surface area contributed by atoms with E-state index in [0.29, 0.717) is 13.1 Å². The highest BCUT2D eigenvalue weighted by Crippen LogP contribution is 2.30. The Morgan fingerprint density at radius 2 is 2.00 bits per heavy atom. The molecular formula is C23H32N6O. The number of nitrogens with zero attached hydrogens (tertiary/aromatic N) is 2. The number of nitrogens with one attached hydrogen (secondary N) is 3. The molecule has 1 amide bonds. The molecule has 0 unspecified atom stereocenters. The Labute approximate surface area is 177 Å². The molecule has 1 aliphatic heterocycles. The van der Waals surface area contributed by atoms with Gasteiger partial charge in [0.2, 0.25) is 5.91 Å². The van der Waals surface area contributed by atoms with Crippen molar-refractivity contribution in [1.29, 1.82) is 0 Å². The number of carbonyl (C=O) groups excluding carboxylic acids is 1. The molecule has 5 N–H and O–H groups in total. The molecule has 160 valence electrons. The first kappa shape index (κ1) is 20.8. The maximum Gasteiger partial charge on any atom is 0.240 e. The van der Waals surface area contributed by atoms with Crippen LogP contribution in [0.4, 0.5) is 0 Å². The second-order valence-electron chi connectivity index (χ2n) is 8.02. The number of pyridine rings is 1. The van der Waals surface area contributed by atoms with E-state index < -0.39 is 0 Å². The molecule has 0 bridgehead atoms. The van der Waals surface area contributed by atoms with Gasteiger partial charge in [0.15, 0.2) is 0 Å². The zero-order valence-electron chi connectivity index (χ0n) is 17.5. The number of rotatable bonds is 9. The average molecular weight is 409 g/mol. The third-order valence-electron chi connectivity index (χ3n) is 5.86. The molecule has 2 aromatic heterocycles. The fourth-order valence-electron chi connectivity index (χ4n) is 4.35. The Morgan fingerprint density at radius 3 is 2.83 bits per heavy atom. The second-order valence-corrected chi connectivity index (χ2v) is 8.02. The van der Waals surface area contributed by atoms with E-state index >= 15 is 0 Å². The average Bonchev–Trinajstić information content (AvgIpc) is 3.09. The number of benzene rings is 1. The van der Waals surface area contributed by atoms with Crippen molar-refractivity contribution in [2.45, 2.75) is 44.8 Å². The summed E-state index contributed by atoms with van der Waals surface area (Å²) >= 11 is 0. The van der Waals surface area contributed by atoms with E-state index in [1.54, 1.807) is 0 Å². The van der Waals surface area contributed by atoms with Crippen molar-refractivity contribution >= 4 is 27.7 Å². The van der Waals surface area contributed by atoms with E-state index in [2.05, 4.69) is 43.7 Å². The highest BCUT2D eigenvalue weighted by molar-refractivity contribution is 6.09. The van der Waals surface area contributed by atoms with Crippen molar-refractivity contribution in [3.8, 4) is 0 Å². The minimum absolute atomic E-state index is 0.0651. The van der Waals surface area contributed by atoms with Crippen LogP contribution in [-0.2, 0) is 17.9 Å². The van der Waals surface area contributed by atoms with Gasteiger partial charge < -0.3 is 26.3 Å². The summed E-state index contributed by atoms with van der Waals surface area (Å²) in [7, 11) is 0. The Morgan fingerprint density at radius 1 is 1.17 bits per heavy atom. The molecule has 1 fully saturated rings. The Kier molecular flexibility index (Phi) is 6.94. The summed E-state index contributed by atoms with van der Waals surface area (Å²) < 4.78 is 2.13. The fraction of sp³-hybridized carbons (Fsp3) is 0.478. The molecule has 0 aliphatic carbocycles. The number of unbranched alkanes of at least 4 members (excludes halogenated alkanes) is 1. The molecule has 3 heterocycles. The molecule has 0 radical (unpaired) electrons. The lowest BCUT2D eigenvalue weighted by Gasteiger charge is -2.24. The molecule has 7 nitrogen and oxygen atoms in total. The van der Waals surface area contributed by atoms with Crippen LogP contribution in [0.1, 0.15) is 31.4 Å².